The third-order valence-electron chi connectivity index (χ3n) is 23.8. The number of pyridine rings is 4. The van der Waals surface area contributed by atoms with Gasteiger partial charge in [0, 0.05) is 59.0 Å². The molecule has 652 valence electrons. The van der Waals surface area contributed by atoms with Gasteiger partial charge in [-0.2, -0.15) is 20.4 Å². The molecule has 0 spiro atoms. The van der Waals surface area contributed by atoms with Crippen LogP contribution >= 0.6 is 22.6 Å². The van der Waals surface area contributed by atoms with E-state index in [9.17, 15) is 15.2 Å². The highest BCUT2D eigenvalue weighted by Gasteiger charge is 2.32. The first-order chi connectivity index (χ1) is 65.9. The lowest BCUT2D eigenvalue weighted by Gasteiger charge is -2.14. The molecule has 22 heteroatoms. The van der Waals surface area contributed by atoms with Crippen molar-refractivity contribution >= 4 is 101 Å². The molecule has 0 saturated carbocycles. The fourth-order valence-electron chi connectivity index (χ4n) is 17.1. The second-order valence-corrected chi connectivity index (χ2v) is 33.1. The van der Waals surface area contributed by atoms with E-state index in [2.05, 4.69) is 135 Å². The third-order valence-corrected chi connectivity index (χ3v) is 24.8. The standard InChI is InChI=1S/C29H21N5.C28H21IN4.C28H21N5O2.C28H22N4O/c1-5-20-15-17-21(18-16-20)27-28(31-4)26(23-13-9-10-14-24(23)30-3)25-19(2)33-34(29(25)32-27)22-11-7-6-8-12-22;1-4-19-14-16-20(17-15-19)26-27(30-3)25(22-12-8-9-13-23(22)29)24-18(2)32-33(28(24)31-26)21-10-6-5-7-11-21;1-4-19-14-16-20(17-15-19)26-27(29-3)25(22-12-8-9-13-23(22)33(34)35)24-18(2)31-32(28(24)30-26)21-10-6-5-7-11-21;1-4-19-14-16-20(17-15-19)26-27(29-3)25(22-12-8-9-13-23(22)33)24-18(2)31-32(28(24)30-26)21-10-6-5-7-11-21/h6-18H,5H2,1-2H3;5-17H,4H2,1-2H3;5-17H,4H2,1-2H3;5-17,33H,4H2,1-2H3. The lowest BCUT2D eigenvalue weighted by Crippen LogP contribution is -2.00. The van der Waals surface area contributed by atoms with E-state index in [1.807, 2.05) is 254 Å². The molecule has 1 N–H and O–H groups in total. The lowest BCUT2D eigenvalue weighted by molar-refractivity contribution is -0.384. The van der Waals surface area contributed by atoms with Gasteiger partial charge in [-0.15, -0.1) is 0 Å². The quantitative estimate of drug-likeness (QED) is 0.0392. The smallest absolute Gasteiger partial charge is 0.275 e. The van der Waals surface area contributed by atoms with Crippen LogP contribution < -0.4 is 0 Å². The molecule has 0 radical (unpaired) electrons. The minimum atomic E-state index is -0.415. The van der Waals surface area contributed by atoms with Crippen LogP contribution in [0, 0.1) is 74.2 Å². The molecule has 21 nitrogen and oxygen atoms in total. The molecule has 0 saturated heterocycles. The summed E-state index contributed by atoms with van der Waals surface area (Å²) in [6.45, 7) is 56.3. The molecule has 0 aliphatic rings. The molecular formula is C113H85IN18O3. The van der Waals surface area contributed by atoms with E-state index in [0.717, 1.165) is 130 Å². The van der Waals surface area contributed by atoms with Crippen molar-refractivity contribution in [3.63, 3.8) is 0 Å². The summed E-state index contributed by atoms with van der Waals surface area (Å²) in [5.41, 5.74) is 27.4. The molecule has 0 amide bonds. The molecule has 0 unspecified atom stereocenters. The molecule has 8 heterocycles. The van der Waals surface area contributed by atoms with Crippen LogP contribution in [0.4, 0.5) is 34.1 Å². The molecule has 12 aromatic carbocycles. The SMILES string of the molecule is [C-]#[N+]c1c(-c2ccc(CC)cc2)nc2c(c(C)nn2-c2ccccc2)c1-c1ccccc1I.[C-]#[N+]c1c(-c2ccc(CC)cc2)nc2c(c(C)nn2-c2ccccc2)c1-c1ccccc1O.[C-]#[N+]c1c(-c2ccc(CC)cc2)nc2c(c(C)nn2-c2ccccc2)c1-c1ccccc1[N+](=O)[O-].[C-]#[N+]c1ccccc1-c1c([N+]#[C-])c(-c2ccc(CC)cc2)nc2c1c(C)nn2-c1ccccc1. The van der Waals surface area contributed by atoms with Crippen molar-refractivity contribution in [3.05, 3.63) is 431 Å². The Morgan fingerprint density at radius 2 is 0.563 bits per heavy atom. The van der Waals surface area contributed by atoms with Crippen molar-refractivity contribution in [2.24, 2.45) is 0 Å². The highest BCUT2D eigenvalue weighted by Crippen LogP contribution is 2.52. The maximum Gasteiger partial charge on any atom is 0.275 e. The summed E-state index contributed by atoms with van der Waals surface area (Å²) in [6, 6.07) is 101. The maximum atomic E-state index is 12.0. The van der Waals surface area contributed by atoms with Gasteiger partial charge in [-0.1, -0.05) is 270 Å². The van der Waals surface area contributed by atoms with Crippen LogP contribution in [-0.4, -0.2) is 69.1 Å². The van der Waals surface area contributed by atoms with Gasteiger partial charge in [-0.05, 0) is 204 Å². The predicted octanol–water partition coefficient (Wildman–Crippen LogP) is 29.5. The number of phenolic OH excluding ortho intramolecular Hbond substituents is 1. The van der Waals surface area contributed by atoms with Crippen LogP contribution in [0.25, 0.3) is 181 Å². The van der Waals surface area contributed by atoms with Gasteiger partial charge in [-0.25, -0.2) is 62.9 Å². The number of hydrogen-bond acceptors (Lipinski definition) is 11. The van der Waals surface area contributed by atoms with Gasteiger partial charge in [0.2, 0.25) is 22.7 Å². The molecule has 20 aromatic rings. The molecule has 0 atom stereocenters. The molecule has 0 fully saturated rings. The number of fused-ring (bicyclic) bond motifs is 4. The van der Waals surface area contributed by atoms with Gasteiger partial charge in [0.1, 0.15) is 5.75 Å². The van der Waals surface area contributed by atoms with Crippen molar-refractivity contribution < 1.29 is 10.0 Å². The molecule has 20 rings (SSSR count). The Hall–Kier alpha value is -17.5. The highest BCUT2D eigenvalue weighted by molar-refractivity contribution is 14.1. The largest absolute Gasteiger partial charge is 0.507 e. The molecule has 8 aromatic heterocycles. The van der Waals surface area contributed by atoms with Crippen LogP contribution in [0.3, 0.4) is 0 Å². The van der Waals surface area contributed by atoms with E-state index >= 15 is 0 Å². The third kappa shape index (κ3) is 17.4. The Labute approximate surface area is 794 Å². The first kappa shape index (κ1) is 89.5. The molecule has 0 bridgehead atoms. The van der Waals surface area contributed by atoms with E-state index in [-0.39, 0.29) is 17.1 Å². The Bertz CT molecular complexity index is 7930. The first-order valence-electron chi connectivity index (χ1n) is 44.0. The first-order valence-corrected chi connectivity index (χ1v) is 45.1. The summed E-state index contributed by atoms with van der Waals surface area (Å²) < 4.78 is 8.35. The van der Waals surface area contributed by atoms with E-state index in [4.69, 9.17) is 73.2 Å². The Kier molecular flexibility index (Phi) is 26.1. The normalized spacial score (nSPS) is 10.9. The topological polar surface area (TPSA) is 208 Å². The number of aromatic nitrogens is 12. The summed E-state index contributed by atoms with van der Waals surface area (Å²) in [5, 5.41) is 45.0. The van der Waals surface area contributed by atoms with Crippen molar-refractivity contribution in [2.75, 3.05) is 0 Å². The van der Waals surface area contributed by atoms with Crippen molar-refractivity contribution in [1.82, 2.24) is 59.1 Å². The predicted molar refractivity (Wildman–Crippen MR) is 548 cm³/mol. The number of para-hydroxylation sites is 7. The second-order valence-electron chi connectivity index (χ2n) is 31.9. The van der Waals surface area contributed by atoms with E-state index in [0.29, 0.717) is 101 Å². The zero-order chi connectivity index (χ0) is 94.1. The minimum absolute atomic E-state index is 0.0657. The zero-order valence-corrected chi connectivity index (χ0v) is 77.2. The fraction of sp³-hybridized carbons (Fsp3) is 0.106. The monoisotopic (exact) mass is 1870 g/mol. The number of halogens is 1. The number of nitrogens with zero attached hydrogens (tertiary/aromatic N) is 18. The summed E-state index contributed by atoms with van der Waals surface area (Å²) >= 11 is 2.34. The van der Waals surface area contributed by atoms with Crippen LogP contribution in [0.1, 0.15) is 72.7 Å². The number of phenols is 1. The summed E-state index contributed by atoms with van der Waals surface area (Å²) in [4.78, 5) is 51.1. The van der Waals surface area contributed by atoms with Gasteiger partial charge < -0.3 is 5.11 Å². The number of nitro benzene ring substituents is 1. The Morgan fingerprint density at radius 1 is 0.311 bits per heavy atom. The van der Waals surface area contributed by atoms with Crippen LogP contribution in [0.5, 0.6) is 5.75 Å². The van der Waals surface area contributed by atoms with Crippen LogP contribution in [0.15, 0.2) is 315 Å². The van der Waals surface area contributed by atoms with Gasteiger partial charge in [0.15, 0.2) is 28.3 Å². The summed E-state index contributed by atoms with van der Waals surface area (Å²) in [6.07, 6.45) is 3.73. The fourth-order valence-corrected chi connectivity index (χ4v) is 17.7. The van der Waals surface area contributed by atoms with Crippen molar-refractivity contribution in [3.8, 4) is 118 Å². The van der Waals surface area contributed by atoms with Gasteiger partial charge >= 0.3 is 0 Å². The number of hydrogen-bond donors (Lipinski definition) is 1. The van der Waals surface area contributed by atoms with E-state index in [1.54, 1.807) is 41.1 Å². The zero-order valence-electron chi connectivity index (χ0n) is 75.0. The van der Waals surface area contributed by atoms with Crippen molar-refractivity contribution in [1.29, 1.82) is 0 Å². The number of aryl methyl sites for hydroxylation is 8. The van der Waals surface area contributed by atoms with E-state index < -0.39 is 4.92 Å². The Morgan fingerprint density at radius 3 is 0.852 bits per heavy atom. The highest BCUT2D eigenvalue weighted by atomic mass is 127. The van der Waals surface area contributed by atoms with Gasteiger partial charge in [-0.3, -0.25) is 10.1 Å². The number of benzene rings is 12. The van der Waals surface area contributed by atoms with Crippen LogP contribution in [-0.2, 0) is 25.7 Å². The summed E-state index contributed by atoms with van der Waals surface area (Å²) in [5.74, 6) is 0.119. The van der Waals surface area contributed by atoms with Crippen molar-refractivity contribution in [2.45, 2.75) is 81.1 Å². The second kappa shape index (κ2) is 39.4. The number of aromatic hydroxyl groups is 1. The maximum absolute atomic E-state index is 12.0. The van der Waals surface area contributed by atoms with Gasteiger partial charge in [0.05, 0.1) is 106 Å². The lowest BCUT2D eigenvalue weighted by atomic mass is 9.95. The average Bonchev–Trinajstić information content (AvgIpc) is 1.64. The minimum Gasteiger partial charge on any atom is -0.507 e. The van der Waals surface area contributed by atoms with Crippen LogP contribution in [0.2, 0.25) is 0 Å². The number of rotatable bonds is 17. The van der Waals surface area contributed by atoms with Gasteiger partial charge in [0.25, 0.3) is 5.69 Å². The molecule has 135 heavy (non-hydrogen) atoms. The summed E-state index contributed by atoms with van der Waals surface area (Å²) in [7, 11) is 0. The van der Waals surface area contributed by atoms with E-state index in [1.165, 1.54) is 28.3 Å². The number of nitro groups is 1. The molecule has 0 aliphatic carbocycles. The Balaban J connectivity index is 0.000000125. The molecule has 0 aliphatic heterocycles. The average molecular weight is 1870 g/mol. The molecular weight excluding hydrogens is 1780 g/mol.